The van der Waals surface area contributed by atoms with Gasteiger partial charge in [-0.05, 0) is 95.2 Å². The number of unbranched alkanes of at least 4 members (excludes halogenated alkanes) is 5. The summed E-state index contributed by atoms with van der Waals surface area (Å²) in [6, 6.07) is 27.4. The molecular formula is C34H48IO2P. The van der Waals surface area contributed by atoms with Gasteiger partial charge in [0.2, 0.25) is 0 Å². The first-order valence-electron chi connectivity index (χ1n) is 14.3. The maximum absolute atomic E-state index is 5.70. The van der Waals surface area contributed by atoms with Crippen molar-refractivity contribution in [3.63, 3.8) is 0 Å². The SMILES string of the molecule is CCOC(CCCCCCCC[P+](c1ccccc1C)(c1ccccc1C)c1ccccc1C)OCC.[I-]. The lowest BCUT2D eigenvalue weighted by molar-refractivity contribution is -0.140. The van der Waals surface area contributed by atoms with Crippen molar-refractivity contribution >= 4 is 23.2 Å². The van der Waals surface area contributed by atoms with E-state index in [2.05, 4.69) is 93.6 Å². The molecule has 4 heteroatoms. The maximum atomic E-state index is 5.70. The van der Waals surface area contributed by atoms with Gasteiger partial charge in [-0.25, -0.2) is 0 Å². The van der Waals surface area contributed by atoms with Crippen LogP contribution in [0.25, 0.3) is 0 Å². The normalized spacial score (nSPS) is 11.5. The highest BCUT2D eigenvalue weighted by Gasteiger charge is 2.47. The molecule has 0 saturated carbocycles. The molecule has 0 spiro atoms. The summed E-state index contributed by atoms with van der Waals surface area (Å²) >= 11 is 0. The fourth-order valence-electron chi connectivity index (χ4n) is 5.68. The molecule has 0 saturated heterocycles. The highest BCUT2D eigenvalue weighted by molar-refractivity contribution is 7.96. The molecular weight excluding hydrogens is 598 g/mol. The lowest BCUT2D eigenvalue weighted by atomic mass is 10.1. The van der Waals surface area contributed by atoms with Gasteiger partial charge in [0.1, 0.15) is 23.2 Å². The summed E-state index contributed by atoms with van der Waals surface area (Å²) in [5, 5.41) is 4.66. The molecule has 0 aliphatic heterocycles. The van der Waals surface area contributed by atoms with Gasteiger partial charge in [-0.15, -0.1) is 0 Å². The van der Waals surface area contributed by atoms with Crippen molar-refractivity contribution in [1.82, 2.24) is 0 Å². The molecule has 0 bridgehead atoms. The van der Waals surface area contributed by atoms with Crippen LogP contribution in [0.5, 0.6) is 0 Å². The van der Waals surface area contributed by atoms with Gasteiger partial charge in [0, 0.05) is 13.2 Å². The third-order valence-electron chi connectivity index (χ3n) is 7.47. The molecule has 0 aliphatic carbocycles. The molecule has 0 aliphatic rings. The van der Waals surface area contributed by atoms with Crippen LogP contribution in [-0.4, -0.2) is 25.7 Å². The predicted molar refractivity (Wildman–Crippen MR) is 164 cm³/mol. The van der Waals surface area contributed by atoms with Crippen LogP contribution >= 0.6 is 7.26 Å². The van der Waals surface area contributed by atoms with Crippen LogP contribution in [0.15, 0.2) is 72.8 Å². The van der Waals surface area contributed by atoms with E-state index in [4.69, 9.17) is 9.47 Å². The van der Waals surface area contributed by atoms with Gasteiger partial charge in [-0.2, -0.15) is 0 Å². The van der Waals surface area contributed by atoms with Crippen molar-refractivity contribution in [2.24, 2.45) is 0 Å². The van der Waals surface area contributed by atoms with Gasteiger partial charge in [0.15, 0.2) is 6.29 Å². The van der Waals surface area contributed by atoms with Crippen molar-refractivity contribution in [2.45, 2.75) is 85.9 Å². The van der Waals surface area contributed by atoms with E-state index in [1.807, 2.05) is 13.8 Å². The Morgan fingerprint density at radius 1 is 0.553 bits per heavy atom. The number of hydrogen-bond donors (Lipinski definition) is 0. The quantitative estimate of drug-likeness (QED) is 0.0941. The molecule has 3 aromatic rings. The van der Waals surface area contributed by atoms with Crippen LogP contribution in [0.4, 0.5) is 0 Å². The smallest absolute Gasteiger partial charge is 0.157 e. The Bertz CT molecular complexity index is 966. The summed E-state index contributed by atoms with van der Waals surface area (Å²) in [5.41, 5.74) is 4.25. The predicted octanol–water partition coefficient (Wildman–Crippen LogP) is 5.04. The second kappa shape index (κ2) is 17.4. The zero-order chi connectivity index (χ0) is 26.5. The van der Waals surface area contributed by atoms with E-state index < -0.39 is 7.26 Å². The Hall–Kier alpha value is -1.26. The molecule has 0 atom stereocenters. The summed E-state index contributed by atoms with van der Waals surface area (Å²) in [6.45, 7) is 12.4. The van der Waals surface area contributed by atoms with Crippen molar-refractivity contribution in [1.29, 1.82) is 0 Å². The number of benzene rings is 3. The minimum Gasteiger partial charge on any atom is -1.00 e. The van der Waals surface area contributed by atoms with E-state index in [0.717, 1.165) is 19.6 Å². The first-order chi connectivity index (χ1) is 18.0. The van der Waals surface area contributed by atoms with Gasteiger partial charge < -0.3 is 33.5 Å². The topological polar surface area (TPSA) is 18.5 Å². The van der Waals surface area contributed by atoms with Crippen LogP contribution in [0.3, 0.4) is 0 Å². The Labute approximate surface area is 250 Å². The Morgan fingerprint density at radius 2 is 0.921 bits per heavy atom. The Morgan fingerprint density at radius 3 is 1.32 bits per heavy atom. The van der Waals surface area contributed by atoms with Crippen LogP contribution in [0.2, 0.25) is 0 Å². The number of aryl methyl sites for hydroxylation is 3. The first kappa shape index (κ1) is 32.9. The zero-order valence-corrected chi connectivity index (χ0v) is 27.3. The average Bonchev–Trinajstić information content (AvgIpc) is 2.90. The molecule has 0 N–H and O–H groups in total. The van der Waals surface area contributed by atoms with Gasteiger partial charge in [0.05, 0.1) is 6.16 Å². The molecule has 0 fully saturated rings. The summed E-state index contributed by atoms with van der Waals surface area (Å²) in [7, 11) is -1.79. The van der Waals surface area contributed by atoms with Crippen molar-refractivity contribution in [3.8, 4) is 0 Å². The molecule has 0 radical (unpaired) electrons. The Balaban J connectivity index is 0.00000507. The minimum atomic E-state index is -1.79. The molecule has 0 aromatic heterocycles. The molecule has 38 heavy (non-hydrogen) atoms. The number of rotatable bonds is 16. The van der Waals surface area contributed by atoms with E-state index in [-0.39, 0.29) is 30.3 Å². The monoisotopic (exact) mass is 646 g/mol. The van der Waals surface area contributed by atoms with Crippen molar-refractivity contribution in [3.05, 3.63) is 89.5 Å². The fraction of sp³-hybridized carbons (Fsp3) is 0.471. The maximum Gasteiger partial charge on any atom is 0.157 e. The molecule has 0 unspecified atom stereocenters. The number of ether oxygens (including phenoxy) is 2. The molecule has 208 valence electrons. The van der Waals surface area contributed by atoms with Crippen LogP contribution in [0.1, 0.15) is 75.5 Å². The Kier molecular flexibility index (Phi) is 15.1. The summed E-state index contributed by atoms with van der Waals surface area (Å²) < 4.78 is 11.4. The largest absolute Gasteiger partial charge is 1.00 e. The number of hydrogen-bond acceptors (Lipinski definition) is 2. The van der Waals surface area contributed by atoms with E-state index in [1.54, 1.807) is 15.9 Å². The van der Waals surface area contributed by atoms with Crippen LogP contribution in [-0.2, 0) is 9.47 Å². The fourth-order valence-corrected chi connectivity index (χ4v) is 10.9. The average molecular weight is 647 g/mol. The van der Waals surface area contributed by atoms with Gasteiger partial charge in [-0.1, -0.05) is 73.9 Å². The van der Waals surface area contributed by atoms with E-state index >= 15 is 0 Å². The second-order valence-electron chi connectivity index (χ2n) is 10.1. The number of halogens is 1. The molecule has 3 rings (SSSR count). The molecule has 0 heterocycles. The summed E-state index contributed by atoms with van der Waals surface area (Å²) in [5.74, 6) is 0. The van der Waals surface area contributed by atoms with E-state index in [0.29, 0.717) is 0 Å². The first-order valence-corrected chi connectivity index (χ1v) is 16.3. The van der Waals surface area contributed by atoms with Crippen LogP contribution in [0, 0.1) is 20.8 Å². The van der Waals surface area contributed by atoms with Crippen molar-refractivity contribution in [2.75, 3.05) is 19.4 Å². The van der Waals surface area contributed by atoms with Crippen LogP contribution < -0.4 is 39.9 Å². The zero-order valence-electron chi connectivity index (χ0n) is 24.2. The molecule has 3 aromatic carbocycles. The highest BCUT2D eigenvalue weighted by atomic mass is 127. The second-order valence-corrected chi connectivity index (χ2v) is 13.7. The van der Waals surface area contributed by atoms with E-state index in [1.165, 1.54) is 61.4 Å². The van der Waals surface area contributed by atoms with Gasteiger partial charge in [-0.3, -0.25) is 0 Å². The van der Waals surface area contributed by atoms with Crippen molar-refractivity contribution < 1.29 is 33.5 Å². The summed E-state index contributed by atoms with van der Waals surface area (Å²) in [4.78, 5) is 0. The molecule has 2 nitrogen and oxygen atoms in total. The lowest BCUT2D eigenvalue weighted by Gasteiger charge is -2.31. The van der Waals surface area contributed by atoms with E-state index in [9.17, 15) is 0 Å². The minimum absolute atomic E-state index is 0. The van der Waals surface area contributed by atoms with Gasteiger partial charge >= 0.3 is 0 Å². The molecule has 0 amide bonds. The highest BCUT2D eigenvalue weighted by Crippen LogP contribution is 2.58. The summed E-state index contributed by atoms with van der Waals surface area (Å²) in [6.07, 6.45) is 9.75. The lowest BCUT2D eigenvalue weighted by Crippen LogP contribution is -3.00. The van der Waals surface area contributed by atoms with Gasteiger partial charge in [0.25, 0.3) is 0 Å². The third-order valence-corrected chi connectivity index (χ3v) is 12.4. The third kappa shape index (κ3) is 8.62. The standard InChI is InChI=1S/C34H48O2P.HI/c1-6-35-34(36-7-2)26-12-10-8-9-11-19-27-37(31-23-16-13-20-28(31)3,32-24-17-14-21-29(32)4)33-25-18-15-22-30(33)5;/h13-18,20-25,34H,6-12,19,26-27H2,1-5H3;1H/q+1;/p-1.